The zero-order valence-corrected chi connectivity index (χ0v) is 12.9. The zero-order valence-electron chi connectivity index (χ0n) is 12.9. The van der Waals surface area contributed by atoms with Crippen molar-refractivity contribution in [3.8, 4) is 5.75 Å². The van der Waals surface area contributed by atoms with Crippen LogP contribution in [0.5, 0.6) is 5.75 Å². The predicted octanol–water partition coefficient (Wildman–Crippen LogP) is 3.05. The second-order valence-corrected chi connectivity index (χ2v) is 6.07. The third kappa shape index (κ3) is 3.04. The molecule has 0 unspecified atom stereocenters. The maximum atomic E-state index is 12.2. The van der Waals surface area contributed by atoms with E-state index in [2.05, 4.69) is 0 Å². The lowest BCUT2D eigenvalue weighted by atomic mass is 10.2. The molecular formula is C17H22N2O2. The highest BCUT2D eigenvalue weighted by Gasteiger charge is 2.29. The zero-order chi connectivity index (χ0) is 15.0. The van der Waals surface area contributed by atoms with Crippen LogP contribution in [-0.4, -0.2) is 34.6 Å². The number of hydrogen-bond donors (Lipinski definition) is 0. The fourth-order valence-corrected chi connectivity index (χ4v) is 2.58. The van der Waals surface area contributed by atoms with Crippen LogP contribution in [0.3, 0.4) is 0 Å². The van der Waals surface area contributed by atoms with Crippen LogP contribution in [-0.2, 0) is 11.3 Å². The summed E-state index contributed by atoms with van der Waals surface area (Å²) in [6.07, 6.45) is 4.43. The lowest BCUT2D eigenvalue weighted by Gasteiger charge is -2.17. The Balaban J connectivity index is 1.78. The molecule has 0 N–H and O–H groups in total. The number of carbonyl (C=O) groups excluding carboxylic acids is 1. The molecule has 1 aliphatic carbocycles. The maximum absolute atomic E-state index is 12.2. The molecular weight excluding hydrogens is 264 g/mol. The Labute approximate surface area is 125 Å². The molecule has 0 aliphatic heterocycles. The Morgan fingerprint density at radius 1 is 1.38 bits per heavy atom. The number of fused-ring (bicyclic) bond motifs is 1. The van der Waals surface area contributed by atoms with Crippen LogP contribution in [0.2, 0.25) is 0 Å². The van der Waals surface area contributed by atoms with E-state index < -0.39 is 0 Å². The fourth-order valence-electron chi connectivity index (χ4n) is 2.58. The van der Waals surface area contributed by atoms with Gasteiger partial charge in [-0.05, 0) is 51.0 Å². The van der Waals surface area contributed by atoms with Crippen molar-refractivity contribution >= 4 is 16.8 Å². The third-order valence-electron chi connectivity index (χ3n) is 3.91. The molecule has 0 atom stereocenters. The molecule has 1 heterocycles. The summed E-state index contributed by atoms with van der Waals surface area (Å²) >= 11 is 0. The van der Waals surface area contributed by atoms with Gasteiger partial charge >= 0.3 is 0 Å². The molecule has 0 bridgehead atoms. The summed E-state index contributed by atoms with van der Waals surface area (Å²) < 4.78 is 7.72. The molecule has 0 saturated heterocycles. The minimum atomic E-state index is 0.165. The minimum Gasteiger partial charge on any atom is -0.491 e. The van der Waals surface area contributed by atoms with Gasteiger partial charge in [0.2, 0.25) is 5.91 Å². The summed E-state index contributed by atoms with van der Waals surface area (Å²) in [6, 6.07) is 8.52. The number of hydrogen-bond acceptors (Lipinski definition) is 2. The third-order valence-corrected chi connectivity index (χ3v) is 3.91. The average Bonchev–Trinajstić information content (AvgIpc) is 3.21. The van der Waals surface area contributed by atoms with Gasteiger partial charge in [-0.25, -0.2) is 0 Å². The fraction of sp³-hybridized carbons (Fsp3) is 0.471. The van der Waals surface area contributed by atoms with Gasteiger partial charge in [0.05, 0.1) is 6.10 Å². The van der Waals surface area contributed by atoms with E-state index in [-0.39, 0.29) is 12.0 Å². The van der Waals surface area contributed by atoms with E-state index in [1.54, 1.807) is 0 Å². The van der Waals surface area contributed by atoms with Gasteiger partial charge in [0.15, 0.2) is 0 Å². The molecule has 3 rings (SSSR count). The van der Waals surface area contributed by atoms with Crippen LogP contribution in [0.25, 0.3) is 10.9 Å². The second-order valence-electron chi connectivity index (χ2n) is 6.07. The topological polar surface area (TPSA) is 34.5 Å². The molecule has 21 heavy (non-hydrogen) atoms. The summed E-state index contributed by atoms with van der Waals surface area (Å²) in [5.74, 6) is 1.05. The predicted molar refractivity (Wildman–Crippen MR) is 83.5 cm³/mol. The minimum absolute atomic E-state index is 0.165. The van der Waals surface area contributed by atoms with Crippen molar-refractivity contribution in [1.29, 1.82) is 0 Å². The van der Waals surface area contributed by atoms with Crippen molar-refractivity contribution in [1.82, 2.24) is 9.47 Å². The van der Waals surface area contributed by atoms with Crippen LogP contribution in [0, 0.1) is 0 Å². The second kappa shape index (κ2) is 5.43. The van der Waals surface area contributed by atoms with E-state index in [1.807, 2.05) is 60.8 Å². The molecule has 1 aromatic heterocycles. The Bertz CT molecular complexity index is 656. The van der Waals surface area contributed by atoms with Gasteiger partial charge in [-0.2, -0.15) is 0 Å². The maximum Gasteiger partial charge on any atom is 0.242 e. The van der Waals surface area contributed by atoms with Crippen LogP contribution >= 0.6 is 0 Å². The number of benzene rings is 1. The largest absolute Gasteiger partial charge is 0.491 e. The highest BCUT2D eigenvalue weighted by atomic mass is 16.5. The highest BCUT2D eigenvalue weighted by Crippen LogP contribution is 2.26. The molecule has 1 saturated carbocycles. The Morgan fingerprint density at radius 3 is 2.81 bits per heavy atom. The Kier molecular flexibility index (Phi) is 3.62. The van der Waals surface area contributed by atoms with E-state index >= 15 is 0 Å². The average molecular weight is 286 g/mol. The lowest BCUT2D eigenvalue weighted by Crippen LogP contribution is -2.31. The number of carbonyl (C=O) groups is 1. The molecule has 1 fully saturated rings. The van der Waals surface area contributed by atoms with Crippen LogP contribution < -0.4 is 4.74 Å². The van der Waals surface area contributed by atoms with Crippen LogP contribution in [0.15, 0.2) is 30.5 Å². The first-order valence-corrected chi connectivity index (χ1v) is 7.56. The molecule has 4 heteroatoms. The van der Waals surface area contributed by atoms with Gasteiger partial charge < -0.3 is 14.2 Å². The van der Waals surface area contributed by atoms with Crippen molar-refractivity contribution in [3.05, 3.63) is 30.5 Å². The molecule has 1 aliphatic rings. The highest BCUT2D eigenvalue weighted by molar-refractivity contribution is 5.84. The number of nitrogens with zero attached hydrogens (tertiary/aromatic N) is 2. The first kappa shape index (κ1) is 14.0. The van der Waals surface area contributed by atoms with E-state index in [0.29, 0.717) is 12.6 Å². The standard InChI is InChI=1S/C17H22N2O2/c1-12(2)21-15-6-7-16-13(10-15)8-9-19(16)11-17(20)18(3)14-4-5-14/h6-10,12,14H,4-5,11H2,1-3H3. The Morgan fingerprint density at radius 2 is 2.14 bits per heavy atom. The van der Waals surface area contributed by atoms with Crippen LogP contribution in [0.1, 0.15) is 26.7 Å². The first-order valence-electron chi connectivity index (χ1n) is 7.56. The van der Waals surface area contributed by atoms with Gasteiger partial charge in [-0.1, -0.05) is 0 Å². The Hall–Kier alpha value is -1.97. The van der Waals surface area contributed by atoms with Crippen molar-refractivity contribution < 1.29 is 9.53 Å². The first-order chi connectivity index (χ1) is 10.0. The summed E-state index contributed by atoms with van der Waals surface area (Å²) in [5.41, 5.74) is 1.07. The van der Waals surface area contributed by atoms with E-state index in [0.717, 1.165) is 29.5 Å². The van der Waals surface area contributed by atoms with Crippen molar-refractivity contribution in [3.63, 3.8) is 0 Å². The van der Waals surface area contributed by atoms with E-state index in [1.165, 1.54) is 0 Å². The SMILES string of the molecule is CC(C)Oc1ccc2c(ccn2CC(=O)N(C)C2CC2)c1. The molecule has 0 radical (unpaired) electrons. The molecule has 2 aromatic rings. The van der Waals surface area contributed by atoms with Gasteiger partial charge in [0, 0.05) is 30.2 Å². The number of aromatic nitrogens is 1. The summed E-state index contributed by atoms with van der Waals surface area (Å²) in [7, 11) is 1.90. The number of rotatable bonds is 5. The summed E-state index contributed by atoms with van der Waals surface area (Å²) in [4.78, 5) is 14.1. The van der Waals surface area contributed by atoms with Crippen molar-refractivity contribution in [2.45, 2.75) is 45.4 Å². The monoisotopic (exact) mass is 286 g/mol. The molecule has 1 aromatic carbocycles. The smallest absolute Gasteiger partial charge is 0.242 e. The van der Waals surface area contributed by atoms with E-state index in [4.69, 9.17) is 4.74 Å². The van der Waals surface area contributed by atoms with E-state index in [9.17, 15) is 4.79 Å². The molecule has 4 nitrogen and oxygen atoms in total. The molecule has 1 amide bonds. The van der Waals surface area contributed by atoms with Crippen LogP contribution in [0.4, 0.5) is 0 Å². The van der Waals surface area contributed by atoms with Gasteiger partial charge in [-0.15, -0.1) is 0 Å². The number of amides is 1. The normalized spacial score (nSPS) is 14.7. The number of likely N-dealkylation sites (N-methyl/N-ethyl adjacent to an activating group) is 1. The van der Waals surface area contributed by atoms with Crippen molar-refractivity contribution in [2.24, 2.45) is 0 Å². The quantitative estimate of drug-likeness (QED) is 0.846. The number of ether oxygens (including phenoxy) is 1. The lowest BCUT2D eigenvalue weighted by molar-refractivity contribution is -0.130. The summed E-state index contributed by atoms with van der Waals surface area (Å²) in [6.45, 7) is 4.43. The van der Waals surface area contributed by atoms with Gasteiger partial charge in [-0.3, -0.25) is 4.79 Å². The van der Waals surface area contributed by atoms with Crippen molar-refractivity contribution in [2.75, 3.05) is 7.05 Å². The molecule has 112 valence electrons. The van der Waals surface area contributed by atoms with Gasteiger partial charge in [0.1, 0.15) is 12.3 Å². The summed E-state index contributed by atoms with van der Waals surface area (Å²) in [5, 5.41) is 1.11. The molecule has 0 spiro atoms. The van der Waals surface area contributed by atoms with Gasteiger partial charge in [0.25, 0.3) is 0 Å².